The molecule has 0 aromatic heterocycles. The molecule has 0 bridgehead atoms. The molecule has 92 valence electrons. The maximum Gasteiger partial charge on any atom is 0.137 e. The van der Waals surface area contributed by atoms with Crippen molar-refractivity contribution in [1.29, 1.82) is 0 Å². The van der Waals surface area contributed by atoms with Crippen molar-refractivity contribution in [3.05, 3.63) is 35.4 Å². The maximum absolute atomic E-state index is 11.6. The number of morpholine rings is 1. The van der Waals surface area contributed by atoms with Crippen LogP contribution >= 0.6 is 0 Å². The minimum atomic E-state index is 0.0876. The highest BCUT2D eigenvalue weighted by molar-refractivity contribution is 5.80. The predicted molar refractivity (Wildman–Crippen MR) is 67.0 cm³/mol. The third-order valence-corrected chi connectivity index (χ3v) is 3.11. The minimum Gasteiger partial charge on any atom is -0.371 e. The first-order valence-electron chi connectivity index (χ1n) is 6.23. The van der Waals surface area contributed by atoms with E-state index in [9.17, 15) is 4.79 Å². The molecule has 0 radical (unpaired) electrons. The van der Waals surface area contributed by atoms with Crippen LogP contribution in [0.4, 0.5) is 0 Å². The quantitative estimate of drug-likeness (QED) is 0.862. The number of hydrogen-bond donors (Lipinski definition) is 1. The zero-order valence-corrected chi connectivity index (χ0v) is 10.2. The Labute approximate surface area is 102 Å². The van der Waals surface area contributed by atoms with Gasteiger partial charge in [-0.05, 0) is 11.1 Å². The first-order chi connectivity index (χ1) is 8.31. The van der Waals surface area contributed by atoms with E-state index in [0.29, 0.717) is 12.8 Å². The maximum atomic E-state index is 11.6. The largest absolute Gasteiger partial charge is 0.371 e. The van der Waals surface area contributed by atoms with Crippen LogP contribution in [0.3, 0.4) is 0 Å². The highest BCUT2D eigenvalue weighted by Gasteiger charge is 2.19. The van der Waals surface area contributed by atoms with Crippen molar-refractivity contribution in [2.75, 3.05) is 19.7 Å². The number of ether oxygens (including phenoxy) is 1. The van der Waals surface area contributed by atoms with Crippen molar-refractivity contribution in [3.8, 4) is 0 Å². The molecule has 1 heterocycles. The Balaban J connectivity index is 2.17. The Morgan fingerprint density at radius 1 is 1.47 bits per heavy atom. The summed E-state index contributed by atoms with van der Waals surface area (Å²) in [6.07, 6.45) is 1.20. The third kappa shape index (κ3) is 3.14. The minimum absolute atomic E-state index is 0.0876. The summed E-state index contributed by atoms with van der Waals surface area (Å²) < 4.78 is 5.75. The van der Waals surface area contributed by atoms with Gasteiger partial charge in [0.15, 0.2) is 0 Å². The average Bonchev–Trinajstić information content (AvgIpc) is 2.40. The Kier molecular flexibility index (Phi) is 4.29. The molecule has 0 amide bonds. The number of nitrogens with one attached hydrogen (secondary N) is 1. The molecule has 1 aromatic rings. The molecule has 0 spiro atoms. The van der Waals surface area contributed by atoms with Crippen LogP contribution in [0.5, 0.6) is 0 Å². The summed E-state index contributed by atoms with van der Waals surface area (Å²) in [7, 11) is 0. The van der Waals surface area contributed by atoms with Gasteiger partial charge >= 0.3 is 0 Å². The van der Waals surface area contributed by atoms with Gasteiger partial charge in [-0.1, -0.05) is 31.2 Å². The third-order valence-electron chi connectivity index (χ3n) is 3.11. The lowest BCUT2D eigenvalue weighted by atomic mass is 9.97. The summed E-state index contributed by atoms with van der Waals surface area (Å²) in [6.45, 7) is 4.38. The fourth-order valence-corrected chi connectivity index (χ4v) is 2.11. The van der Waals surface area contributed by atoms with Crippen molar-refractivity contribution in [2.45, 2.75) is 25.9 Å². The van der Waals surface area contributed by atoms with Crippen LogP contribution < -0.4 is 5.32 Å². The number of carbonyl (C=O) groups excluding carboxylic acids is 1. The molecule has 2 rings (SSSR count). The van der Waals surface area contributed by atoms with E-state index in [2.05, 4.69) is 11.4 Å². The van der Waals surface area contributed by atoms with Gasteiger partial charge < -0.3 is 10.1 Å². The van der Waals surface area contributed by atoms with Gasteiger partial charge in [-0.25, -0.2) is 0 Å². The standard InChI is InChI=1S/C14H19NO2/c1-2-12(16)9-11-5-3-4-6-13(11)14-10-15-7-8-17-14/h3-6,14-15H,2,7-10H2,1H3. The summed E-state index contributed by atoms with van der Waals surface area (Å²) in [4.78, 5) is 11.6. The monoisotopic (exact) mass is 233 g/mol. The van der Waals surface area contributed by atoms with E-state index >= 15 is 0 Å². The summed E-state index contributed by atoms with van der Waals surface area (Å²) in [6, 6.07) is 8.09. The topological polar surface area (TPSA) is 38.3 Å². The lowest BCUT2D eigenvalue weighted by molar-refractivity contribution is -0.118. The van der Waals surface area contributed by atoms with Crippen LogP contribution in [0.15, 0.2) is 24.3 Å². The van der Waals surface area contributed by atoms with Gasteiger partial charge in [0.1, 0.15) is 5.78 Å². The van der Waals surface area contributed by atoms with Crippen LogP contribution in [0.2, 0.25) is 0 Å². The number of Topliss-reactive ketones (excluding diaryl/α,β-unsaturated/α-hetero) is 1. The van der Waals surface area contributed by atoms with E-state index in [1.165, 1.54) is 0 Å². The number of carbonyl (C=O) groups is 1. The second-order valence-corrected chi connectivity index (χ2v) is 4.33. The smallest absolute Gasteiger partial charge is 0.137 e. The summed E-state index contributed by atoms with van der Waals surface area (Å²) in [5.74, 6) is 0.279. The van der Waals surface area contributed by atoms with Crippen molar-refractivity contribution in [3.63, 3.8) is 0 Å². The molecule has 1 aliphatic heterocycles. The molecule has 0 saturated carbocycles. The SMILES string of the molecule is CCC(=O)Cc1ccccc1C1CNCCO1. The van der Waals surface area contributed by atoms with Crippen molar-refractivity contribution in [2.24, 2.45) is 0 Å². The molecule has 17 heavy (non-hydrogen) atoms. The zero-order chi connectivity index (χ0) is 12.1. The molecule has 3 nitrogen and oxygen atoms in total. The predicted octanol–water partition coefficient (Wildman–Crippen LogP) is 1.87. The molecular weight excluding hydrogens is 214 g/mol. The van der Waals surface area contributed by atoms with Gasteiger partial charge in [0.05, 0.1) is 12.7 Å². The van der Waals surface area contributed by atoms with Gasteiger partial charge in [-0.2, -0.15) is 0 Å². The Morgan fingerprint density at radius 2 is 2.29 bits per heavy atom. The Hall–Kier alpha value is -1.19. The highest BCUT2D eigenvalue weighted by Crippen LogP contribution is 2.23. The molecule has 1 fully saturated rings. The number of benzene rings is 1. The average molecular weight is 233 g/mol. The normalized spacial score (nSPS) is 20.2. The van der Waals surface area contributed by atoms with E-state index < -0.39 is 0 Å². The molecule has 1 atom stereocenters. The first kappa shape index (κ1) is 12.3. The van der Waals surface area contributed by atoms with Gasteiger partial charge in [-0.3, -0.25) is 4.79 Å². The van der Waals surface area contributed by atoms with Crippen LogP contribution in [0, 0.1) is 0 Å². The highest BCUT2D eigenvalue weighted by atomic mass is 16.5. The number of rotatable bonds is 4. The molecule has 1 aromatic carbocycles. The zero-order valence-electron chi connectivity index (χ0n) is 10.2. The Bertz CT molecular complexity index is 384. The molecule has 0 aliphatic carbocycles. The van der Waals surface area contributed by atoms with E-state index in [0.717, 1.165) is 30.8 Å². The first-order valence-corrected chi connectivity index (χ1v) is 6.23. The lowest BCUT2D eigenvalue weighted by Gasteiger charge is -2.25. The van der Waals surface area contributed by atoms with Gasteiger partial charge in [-0.15, -0.1) is 0 Å². The summed E-state index contributed by atoms with van der Waals surface area (Å²) >= 11 is 0. The van der Waals surface area contributed by atoms with Gasteiger partial charge in [0.25, 0.3) is 0 Å². The van der Waals surface area contributed by atoms with E-state index in [1.54, 1.807) is 0 Å². The lowest BCUT2D eigenvalue weighted by Crippen LogP contribution is -2.33. The second-order valence-electron chi connectivity index (χ2n) is 4.33. The van der Waals surface area contributed by atoms with Crippen LogP contribution in [-0.2, 0) is 16.0 Å². The number of ketones is 1. The van der Waals surface area contributed by atoms with Gasteiger partial charge in [0.2, 0.25) is 0 Å². The molecule has 1 saturated heterocycles. The fourth-order valence-electron chi connectivity index (χ4n) is 2.11. The van der Waals surface area contributed by atoms with E-state index in [1.807, 2.05) is 25.1 Å². The summed E-state index contributed by atoms with van der Waals surface area (Å²) in [5, 5.41) is 3.32. The van der Waals surface area contributed by atoms with Crippen LogP contribution in [0.1, 0.15) is 30.6 Å². The Morgan fingerprint density at radius 3 is 3.00 bits per heavy atom. The van der Waals surface area contributed by atoms with Crippen molar-refractivity contribution >= 4 is 5.78 Å². The molecular formula is C14H19NO2. The van der Waals surface area contributed by atoms with Crippen molar-refractivity contribution < 1.29 is 9.53 Å². The second kappa shape index (κ2) is 5.94. The molecule has 1 aliphatic rings. The van der Waals surface area contributed by atoms with Crippen LogP contribution in [-0.4, -0.2) is 25.5 Å². The van der Waals surface area contributed by atoms with Crippen LogP contribution in [0.25, 0.3) is 0 Å². The molecule has 3 heteroatoms. The van der Waals surface area contributed by atoms with E-state index in [4.69, 9.17) is 4.74 Å². The van der Waals surface area contributed by atoms with Crippen molar-refractivity contribution in [1.82, 2.24) is 5.32 Å². The van der Waals surface area contributed by atoms with E-state index in [-0.39, 0.29) is 11.9 Å². The molecule has 1 N–H and O–H groups in total. The summed E-state index contributed by atoms with van der Waals surface area (Å²) in [5.41, 5.74) is 2.26. The number of hydrogen-bond acceptors (Lipinski definition) is 3. The molecule has 1 unspecified atom stereocenters. The fraction of sp³-hybridized carbons (Fsp3) is 0.500. The van der Waals surface area contributed by atoms with Gasteiger partial charge in [0, 0.05) is 25.9 Å².